The monoisotopic (exact) mass is 474 g/mol. The van der Waals surface area contributed by atoms with Crippen LogP contribution in [0, 0.1) is 0 Å². The highest BCUT2D eigenvalue weighted by molar-refractivity contribution is 6.36. The Balaban J connectivity index is 1.46. The molecule has 9 heteroatoms. The maximum Gasteiger partial charge on any atom is 0.234 e. The summed E-state index contributed by atoms with van der Waals surface area (Å²) in [6.45, 7) is 3.79. The number of imide groups is 1. The van der Waals surface area contributed by atoms with Crippen LogP contribution in [-0.4, -0.2) is 27.7 Å². The molecule has 1 aromatic carbocycles. The first kappa shape index (κ1) is 22.7. The molecule has 3 amide bonds. The molecule has 7 nitrogen and oxygen atoms in total. The number of piperidine rings is 1. The molecule has 1 saturated carbocycles. The van der Waals surface area contributed by atoms with Gasteiger partial charge in [-0.25, -0.2) is 9.97 Å². The number of nitrogens with zero attached hydrogens (tertiary/aromatic N) is 2. The van der Waals surface area contributed by atoms with Crippen molar-refractivity contribution in [2.45, 2.75) is 63.3 Å². The summed E-state index contributed by atoms with van der Waals surface area (Å²) in [4.78, 5) is 45.5. The summed E-state index contributed by atoms with van der Waals surface area (Å²) in [6.07, 6.45) is 4.55. The molecule has 168 valence electrons. The summed E-state index contributed by atoms with van der Waals surface area (Å²) in [5, 5.41) is 5.89. The highest BCUT2D eigenvalue weighted by Gasteiger charge is 2.35. The number of benzene rings is 1. The molecule has 0 bridgehead atoms. The Kier molecular flexibility index (Phi) is 6.23. The second kappa shape index (κ2) is 8.79. The average molecular weight is 475 g/mol. The number of nitrogens with one attached hydrogen (secondary N) is 2. The van der Waals surface area contributed by atoms with Crippen molar-refractivity contribution in [1.29, 1.82) is 0 Å². The molecule has 2 N–H and O–H groups in total. The molecule has 32 heavy (non-hydrogen) atoms. The molecule has 2 aliphatic rings. The van der Waals surface area contributed by atoms with Crippen LogP contribution in [0.25, 0.3) is 0 Å². The Morgan fingerprint density at radius 2 is 1.88 bits per heavy atom. The molecule has 4 rings (SSSR count). The summed E-state index contributed by atoms with van der Waals surface area (Å²) in [5.74, 6) is -0.530. The fraction of sp³-hybridized carbons (Fsp3) is 0.435. The van der Waals surface area contributed by atoms with Gasteiger partial charge >= 0.3 is 0 Å². The van der Waals surface area contributed by atoms with Crippen molar-refractivity contribution in [2.75, 3.05) is 0 Å². The van der Waals surface area contributed by atoms with Gasteiger partial charge in [0.25, 0.3) is 0 Å². The summed E-state index contributed by atoms with van der Waals surface area (Å²) >= 11 is 12.9. The number of amides is 3. The molecule has 1 atom stereocenters. The number of aromatic nitrogens is 2. The van der Waals surface area contributed by atoms with E-state index >= 15 is 0 Å². The Bertz CT molecular complexity index is 1080. The van der Waals surface area contributed by atoms with Gasteiger partial charge in [-0.15, -0.1) is 0 Å². The highest BCUT2D eigenvalue weighted by atomic mass is 35.5. The lowest BCUT2D eigenvalue weighted by molar-refractivity contribution is -0.134. The predicted octanol–water partition coefficient (Wildman–Crippen LogP) is 3.78. The van der Waals surface area contributed by atoms with E-state index in [2.05, 4.69) is 20.6 Å². The fourth-order valence-electron chi connectivity index (χ4n) is 3.83. The van der Waals surface area contributed by atoms with Gasteiger partial charge in [0, 0.05) is 46.4 Å². The lowest BCUT2D eigenvalue weighted by Gasteiger charge is -2.24. The van der Waals surface area contributed by atoms with E-state index in [1.807, 2.05) is 6.07 Å². The van der Waals surface area contributed by atoms with E-state index in [4.69, 9.17) is 23.2 Å². The number of hydrogen-bond acceptors (Lipinski definition) is 5. The second-order valence-corrected chi connectivity index (χ2v) is 9.68. The fourth-order valence-corrected chi connectivity index (χ4v) is 4.62. The topological polar surface area (TPSA) is 101 Å². The van der Waals surface area contributed by atoms with Crippen molar-refractivity contribution in [3.63, 3.8) is 0 Å². The number of rotatable bonds is 6. The normalized spacial score (nSPS) is 18.9. The van der Waals surface area contributed by atoms with Crippen LogP contribution < -0.4 is 10.6 Å². The van der Waals surface area contributed by atoms with Crippen LogP contribution in [0.15, 0.2) is 24.4 Å². The van der Waals surface area contributed by atoms with E-state index < -0.39 is 17.2 Å². The van der Waals surface area contributed by atoms with E-state index in [-0.39, 0.29) is 24.8 Å². The zero-order valence-electron chi connectivity index (χ0n) is 17.9. The van der Waals surface area contributed by atoms with Crippen molar-refractivity contribution in [3.05, 3.63) is 57.1 Å². The standard InChI is InChI=1S/C23H24Cl2N4O3/c1-23(2,21-26-8-7-17(28-21)13-3-4-13)22(32)27-11-12-9-15(24)19(16(25)10-12)14-5-6-18(30)29-20(14)31/h7-10,13-14H,3-6,11H2,1-2H3,(H,27,32)(H,29,30,31). The minimum atomic E-state index is -0.912. The van der Waals surface area contributed by atoms with Gasteiger partial charge in [0.05, 0.1) is 5.92 Å². The van der Waals surface area contributed by atoms with Gasteiger partial charge in [-0.05, 0) is 56.9 Å². The van der Waals surface area contributed by atoms with Crippen molar-refractivity contribution in [1.82, 2.24) is 20.6 Å². The molecular formula is C23H24Cl2N4O3. The Hall–Kier alpha value is -2.51. The molecule has 1 aliphatic heterocycles. The van der Waals surface area contributed by atoms with Gasteiger partial charge in [-0.2, -0.15) is 0 Å². The number of halogens is 2. The van der Waals surface area contributed by atoms with Crippen molar-refractivity contribution < 1.29 is 14.4 Å². The van der Waals surface area contributed by atoms with Crippen LogP contribution in [0.5, 0.6) is 0 Å². The molecular weight excluding hydrogens is 451 g/mol. The molecule has 0 radical (unpaired) electrons. The van der Waals surface area contributed by atoms with Crippen LogP contribution in [0.1, 0.15) is 74.0 Å². The molecule has 2 fully saturated rings. The van der Waals surface area contributed by atoms with Crippen LogP contribution in [-0.2, 0) is 26.3 Å². The minimum Gasteiger partial charge on any atom is -0.351 e. The molecule has 2 heterocycles. The minimum absolute atomic E-state index is 0.208. The van der Waals surface area contributed by atoms with Gasteiger partial charge < -0.3 is 5.32 Å². The summed E-state index contributed by atoms with van der Waals surface area (Å²) in [7, 11) is 0. The SMILES string of the molecule is CC(C)(C(=O)NCc1cc(Cl)c(C2CCC(=O)NC2=O)c(Cl)c1)c1nccc(C2CC2)n1. The van der Waals surface area contributed by atoms with Gasteiger partial charge in [0.15, 0.2) is 0 Å². The third kappa shape index (κ3) is 4.64. The summed E-state index contributed by atoms with van der Waals surface area (Å²) in [5.41, 5.74) is 1.27. The first-order valence-electron chi connectivity index (χ1n) is 10.6. The van der Waals surface area contributed by atoms with Gasteiger partial charge in [-0.1, -0.05) is 23.2 Å². The van der Waals surface area contributed by atoms with Crippen molar-refractivity contribution in [3.8, 4) is 0 Å². The Morgan fingerprint density at radius 1 is 1.19 bits per heavy atom. The zero-order chi connectivity index (χ0) is 23.0. The smallest absolute Gasteiger partial charge is 0.234 e. The Labute approximate surface area is 196 Å². The van der Waals surface area contributed by atoms with Crippen LogP contribution >= 0.6 is 23.2 Å². The van der Waals surface area contributed by atoms with Gasteiger partial charge in [0.2, 0.25) is 17.7 Å². The van der Waals surface area contributed by atoms with Crippen molar-refractivity contribution in [2.24, 2.45) is 0 Å². The van der Waals surface area contributed by atoms with E-state index in [1.54, 1.807) is 32.2 Å². The molecule has 1 saturated heterocycles. The van der Waals surface area contributed by atoms with E-state index in [0.717, 1.165) is 18.5 Å². The average Bonchev–Trinajstić information content (AvgIpc) is 3.58. The molecule has 0 spiro atoms. The maximum absolute atomic E-state index is 13.0. The molecule has 1 unspecified atom stereocenters. The zero-order valence-corrected chi connectivity index (χ0v) is 19.4. The lowest BCUT2D eigenvalue weighted by Crippen LogP contribution is -2.41. The summed E-state index contributed by atoms with van der Waals surface area (Å²) < 4.78 is 0. The second-order valence-electron chi connectivity index (χ2n) is 8.86. The van der Waals surface area contributed by atoms with Gasteiger partial charge in [0.1, 0.15) is 11.2 Å². The maximum atomic E-state index is 13.0. The van der Waals surface area contributed by atoms with Crippen LogP contribution in [0.3, 0.4) is 0 Å². The first-order chi connectivity index (χ1) is 15.2. The summed E-state index contributed by atoms with van der Waals surface area (Å²) in [6, 6.07) is 5.27. The van der Waals surface area contributed by atoms with Crippen LogP contribution in [0.2, 0.25) is 10.0 Å². The van der Waals surface area contributed by atoms with Crippen molar-refractivity contribution >= 4 is 40.9 Å². The number of carbonyl (C=O) groups is 3. The molecule has 2 aromatic rings. The van der Waals surface area contributed by atoms with E-state index in [1.165, 1.54) is 0 Å². The lowest BCUT2D eigenvalue weighted by atomic mass is 9.89. The molecule has 1 aliphatic carbocycles. The first-order valence-corrected chi connectivity index (χ1v) is 11.4. The predicted molar refractivity (Wildman–Crippen MR) is 120 cm³/mol. The van der Waals surface area contributed by atoms with E-state index in [9.17, 15) is 14.4 Å². The highest BCUT2D eigenvalue weighted by Crippen LogP contribution is 2.39. The number of carbonyl (C=O) groups excluding carboxylic acids is 3. The molecule has 1 aromatic heterocycles. The third-order valence-corrected chi connectivity index (χ3v) is 6.60. The third-order valence-electron chi connectivity index (χ3n) is 5.98. The van der Waals surface area contributed by atoms with E-state index in [0.29, 0.717) is 39.3 Å². The van der Waals surface area contributed by atoms with Crippen LogP contribution in [0.4, 0.5) is 0 Å². The quantitative estimate of drug-likeness (QED) is 0.620. The largest absolute Gasteiger partial charge is 0.351 e. The number of hydrogen-bond donors (Lipinski definition) is 2. The Morgan fingerprint density at radius 3 is 2.50 bits per heavy atom. The van der Waals surface area contributed by atoms with Gasteiger partial charge in [-0.3, -0.25) is 19.7 Å².